The van der Waals surface area contributed by atoms with Crippen molar-refractivity contribution in [3.8, 4) is 0 Å². The van der Waals surface area contributed by atoms with Gasteiger partial charge in [0.2, 0.25) is 5.91 Å². The van der Waals surface area contributed by atoms with Gasteiger partial charge < -0.3 is 9.73 Å². The van der Waals surface area contributed by atoms with Crippen LogP contribution in [0.2, 0.25) is 0 Å². The lowest BCUT2D eigenvalue weighted by Crippen LogP contribution is -2.32. The van der Waals surface area contributed by atoms with E-state index in [-0.39, 0.29) is 23.3 Å². The largest absolute Gasteiger partial charge is 0.468 e. The maximum Gasteiger partial charge on any atom is 0.220 e. The molecule has 2 rings (SSSR count). The van der Waals surface area contributed by atoms with Crippen LogP contribution in [-0.2, 0) is 14.6 Å². The first-order chi connectivity index (χ1) is 11.7. The molecule has 0 saturated heterocycles. The van der Waals surface area contributed by atoms with Gasteiger partial charge in [0.15, 0.2) is 9.84 Å². The Balaban J connectivity index is 2.35. The lowest BCUT2D eigenvalue weighted by atomic mass is 10.1. The Morgan fingerprint density at radius 1 is 1.20 bits per heavy atom. The molecule has 0 unspecified atom stereocenters. The summed E-state index contributed by atoms with van der Waals surface area (Å²) in [6.45, 7) is 7.48. The summed E-state index contributed by atoms with van der Waals surface area (Å²) in [4.78, 5) is 12.2. The molecule has 136 valence electrons. The molecule has 1 amide bonds. The Morgan fingerprint density at radius 3 is 2.52 bits per heavy atom. The van der Waals surface area contributed by atoms with E-state index in [9.17, 15) is 13.2 Å². The van der Waals surface area contributed by atoms with Crippen LogP contribution in [0, 0.1) is 19.8 Å². The number of carbonyl (C=O) groups excluding carboxylic acids is 1. The number of rotatable bonds is 7. The van der Waals surface area contributed by atoms with Gasteiger partial charge in [0.05, 0.1) is 11.2 Å². The fraction of sp³-hybridized carbons (Fsp3) is 0.421. The summed E-state index contributed by atoms with van der Waals surface area (Å²) in [5.74, 6) is 0.367. The highest BCUT2D eigenvalue weighted by Gasteiger charge is 2.33. The average Bonchev–Trinajstić information content (AvgIpc) is 3.02. The summed E-state index contributed by atoms with van der Waals surface area (Å²) in [5, 5.41) is 1.78. The van der Waals surface area contributed by atoms with Crippen molar-refractivity contribution >= 4 is 15.7 Å². The minimum atomic E-state index is -3.71. The monoisotopic (exact) mass is 363 g/mol. The molecule has 1 aromatic heterocycles. The Labute approximate surface area is 149 Å². The summed E-state index contributed by atoms with van der Waals surface area (Å²) in [6, 6.07) is 8.61. The van der Waals surface area contributed by atoms with Gasteiger partial charge in [0, 0.05) is 13.0 Å². The molecule has 1 heterocycles. The standard InChI is InChI=1S/C19H25NO4S/c1-13(2)10-19(21)20-12-18(16-6-5-9-24-16)25(22,23)17-11-14(3)7-8-15(17)4/h5-9,11,13,18H,10,12H2,1-4H3,(H,20,21)/t18-/m1/s1. The first kappa shape index (κ1) is 19.2. The highest BCUT2D eigenvalue weighted by Crippen LogP contribution is 2.31. The summed E-state index contributed by atoms with van der Waals surface area (Å²) in [7, 11) is -3.71. The first-order valence-electron chi connectivity index (χ1n) is 8.33. The van der Waals surface area contributed by atoms with Crippen molar-refractivity contribution in [3.05, 3.63) is 53.5 Å². The molecule has 5 nitrogen and oxygen atoms in total. The van der Waals surface area contributed by atoms with Gasteiger partial charge in [0.1, 0.15) is 11.0 Å². The molecule has 1 N–H and O–H groups in total. The van der Waals surface area contributed by atoms with E-state index in [0.717, 1.165) is 5.56 Å². The fourth-order valence-corrected chi connectivity index (χ4v) is 4.57. The van der Waals surface area contributed by atoms with Gasteiger partial charge in [-0.05, 0) is 49.1 Å². The Kier molecular flexibility index (Phi) is 6.06. The predicted molar refractivity (Wildman–Crippen MR) is 97.0 cm³/mol. The van der Waals surface area contributed by atoms with Crippen LogP contribution in [0.15, 0.2) is 45.9 Å². The average molecular weight is 363 g/mol. The molecule has 0 aliphatic carbocycles. The van der Waals surface area contributed by atoms with E-state index in [0.29, 0.717) is 17.7 Å². The third kappa shape index (κ3) is 4.72. The van der Waals surface area contributed by atoms with Crippen LogP contribution < -0.4 is 5.32 Å². The zero-order chi connectivity index (χ0) is 18.6. The van der Waals surface area contributed by atoms with Crippen LogP contribution in [0.25, 0.3) is 0 Å². The van der Waals surface area contributed by atoms with Crippen LogP contribution in [0.5, 0.6) is 0 Å². The summed E-state index contributed by atoms with van der Waals surface area (Å²) < 4.78 is 31.8. The Bertz CT molecular complexity index is 823. The van der Waals surface area contributed by atoms with Gasteiger partial charge in [0.25, 0.3) is 0 Å². The lowest BCUT2D eigenvalue weighted by molar-refractivity contribution is -0.121. The molecule has 2 aromatic rings. The molecule has 0 fully saturated rings. The number of carbonyl (C=O) groups is 1. The zero-order valence-corrected chi connectivity index (χ0v) is 15.9. The number of hydrogen-bond donors (Lipinski definition) is 1. The number of furan rings is 1. The van der Waals surface area contributed by atoms with Gasteiger partial charge in [-0.25, -0.2) is 8.42 Å². The number of benzene rings is 1. The van der Waals surface area contributed by atoms with E-state index in [4.69, 9.17) is 4.42 Å². The van der Waals surface area contributed by atoms with Crippen LogP contribution in [0.3, 0.4) is 0 Å². The van der Waals surface area contributed by atoms with Gasteiger partial charge in [-0.15, -0.1) is 0 Å². The predicted octanol–water partition coefficient (Wildman–Crippen LogP) is 3.57. The SMILES string of the molecule is Cc1ccc(C)c(S(=O)(=O)[C@H](CNC(=O)CC(C)C)c2ccco2)c1. The van der Waals surface area contributed by atoms with Crippen LogP contribution in [0.4, 0.5) is 0 Å². The Hall–Kier alpha value is -2.08. The molecule has 0 spiro atoms. The first-order valence-corrected chi connectivity index (χ1v) is 9.87. The van der Waals surface area contributed by atoms with Crippen LogP contribution >= 0.6 is 0 Å². The lowest BCUT2D eigenvalue weighted by Gasteiger charge is -2.18. The maximum atomic E-state index is 13.2. The zero-order valence-electron chi connectivity index (χ0n) is 15.1. The van der Waals surface area contributed by atoms with Crippen molar-refractivity contribution in [3.63, 3.8) is 0 Å². The number of hydrogen-bond acceptors (Lipinski definition) is 4. The Morgan fingerprint density at radius 2 is 1.92 bits per heavy atom. The van der Waals surface area contributed by atoms with Crippen molar-refractivity contribution in [2.75, 3.05) is 6.54 Å². The van der Waals surface area contributed by atoms with E-state index in [2.05, 4.69) is 5.32 Å². The number of amides is 1. The normalized spacial score (nSPS) is 13.0. The van der Waals surface area contributed by atoms with Crippen molar-refractivity contribution in [1.29, 1.82) is 0 Å². The molecule has 0 aliphatic rings. The number of sulfone groups is 1. The van der Waals surface area contributed by atoms with Crippen molar-refractivity contribution in [2.45, 2.75) is 44.3 Å². The van der Waals surface area contributed by atoms with Crippen LogP contribution in [0.1, 0.15) is 42.4 Å². The van der Waals surface area contributed by atoms with Gasteiger partial charge in [-0.2, -0.15) is 0 Å². The highest BCUT2D eigenvalue weighted by molar-refractivity contribution is 7.91. The topological polar surface area (TPSA) is 76.4 Å². The second-order valence-corrected chi connectivity index (χ2v) is 8.82. The van der Waals surface area contributed by atoms with Gasteiger partial charge in [-0.3, -0.25) is 4.79 Å². The van der Waals surface area contributed by atoms with Gasteiger partial charge in [-0.1, -0.05) is 26.0 Å². The molecule has 0 saturated carbocycles. The summed E-state index contributed by atoms with van der Waals surface area (Å²) >= 11 is 0. The molecule has 0 bridgehead atoms. The third-order valence-electron chi connectivity index (χ3n) is 3.96. The molecule has 25 heavy (non-hydrogen) atoms. The van der Waals surface area contributed by atoms with Gasteiger partial charge >= 0.3 is 0 Å². The molecule has 0 radical (unpaired) electrons. The van der Waals surface area contributed by atoms with Crippen molar-refractivity contribution in [2.24, 2.45) is 5.92 Å². The highest BCUT2D eigenvalue weighted by atomic mass is 32.2. The quantitative estimate of drug-likeness (QED) is 0.816. The third-order valence-corrected chi connectivity index (χ3v) is 6.16. The fourth-order valence-electron chi connectivity index (χ4n) is 2.65. The molecule has 1 aromatic carbocycles. The summed E-state index contributed by atoms with van der Waals surface area (Å²) in [6.07, 6.45) is 1.80. The second kappa shape index (κ2) is 7.87. The summed E-state index contributed by atoms with van der Waals surface area (Å²) in [5.41, 5.74) is 1.54. The van der Waals surface area contributed by atoms with Crippen LogP contribution in [-0.4, -0.2) is 20.9 Å². The minimum Gasteiger partial charge on any atom is -0.468 e. The molecular formula is C19H25NO4S. The number of aryl methyl sites for hydroxylation is 2. The van der Waals surface area contributed by atoms with Crippen molar-refractivity contribution < 1.29 is 17.6 Å². The van der Waals surface area contributed by atoms with E-state index < -0.39 is 15.1 Å². The van der Waals surface area contributed by atoms with Crippen molar-refractivity contribution in [1.82, 2.24) is 5.32 Å². The van der Waals surface area contributed by atoms with E-state index in [1.165, 1.54) is 6.26 Å². The molecule has 1 atom stereocenters. The number of nitrogens with one attached hydrogen (secondary N) is 1. The van der Waals surface area contributed by atoms with E-state index in [1.54, 1.807) is 31.2 Å². The molecule has 6 heteroatoms. The van der Waals surface area contributed by atoms with E-state index >= 15 is 0 Å². The van der Waals surface area contributed by atoms with E-state index in [1.807, 2.05) is 26.8 Å². The minimum absolute atomic E-state index is 0.0191. The smallest absolute Gasteiger partial charge is 0.220 e. The maximum absolute atomic E-state index is 13.2. The molecule has 0 aliphatic heterocycles. The second-order valence-electron chi connectivity index (χ2n) is 6.72. The molecular weight excluding hydrogens is 338 g/mol.